The average Bonchev–Trinajstić information content (AvgIpc) is 2.60. The number of aryl methyl sites for hydroxylation is 1. The summed E-state index contributed by atoms with van der Waals surface area (Å²) in [5.74, 6) is -0.0271. The van der Waals surface area contributed by atoms with Crippen LogP contribution in [0.1, 0.15) is 24.0 Å². The Morgan fingerprint density at radius 2 is 1.72 bits per heavy atom. The standard InChI is InChI=1S/C20H23ClN2O2/c1-15-2-8-18(9-3-15)22-19(24)14-23-12-10-20(25,11-13-23)16-4-6-17(21)7-5-16/h2-9,25H,10-14H2,1H3,(H,22,24). The normalized spacial score (nSPS) is 17.2. The van der Waals surface area contributed by atoms with E-state index in [1.54, 1.807) is 12.1 Å². The SMILES string of the molecule is Cc1ccc(NC(=O)CN2CCC(O)(c3ccc(Cl)cc3)CC2)cc1. The number of likely N-dealkylation sites (tertiary alicyclic amines) is 1. The lowest BCUT2D eigenvalue weighted by atomic mass is 9.84. The molecular formula is C20H23ClN2O2. The maximum absolute atomic E-state index is 12.2. The fourth-order valence-electron chi connectivity index (χ4n) is 3.17. The van der Waals surface area contributed by atoms with E-state index in [4.69, 9.17) is 11.6 Å². The van der Waals surface area contributed by atoms with E-state index in [0.717, 1.165) is 16.8 Å². The number of hydrogen-bond donors (Lipinski definition) is 2. The number of piperidine rings is 1. The van der Waals surface area contributed by atoms with Gasteiger partial charge in [0.05, 0.1) is 12.1 Å². The summed E-state index contributed by atoms with van der Waals surface area (Å²) in [6, 6.07) is 15.1. The van der Waals surface area contributed by atoms with Crippen LogP contribution in [-0.2, 0) is 10.4 Å². The molecule has 0 spiro atoms. The Morgan fingerprint density at radius 3 is 2.32 bits per heavy atom. The number of carbonyl (C=O) groups is 1. The van der Waals surface area contributed by atoms with E-state index in [9.17, 15) is 9.90 Å². The highest BCUT2D eigenvalue weighted by Gasteiger charge is 2.34. The molecule has 1 saturated heterocycles. The second kappa shape index (κ2) is 7.56. The molecule has 3 rings (SSSR count). The third-order valence-corrected chi connectivity index (χ3v) is 5.02. The Labute approximate surface area is 153 Å². The highest BCUT2D eigenvalue weighted by atomic mass is 35.5. The second-order valence-electron chi connectivity index (χ2n) is 6.73. The predicted octanol–water partition coefficient (Wildman–Crippen LogP) is 3.57. The molecule has 2 N–H and O–H groups in total. The van der Waals surface area contributed by atoms with E-state index in [2.05, 4.69) is 10.2 Å². The van der Waals surface area contributed by atoms with Crippen molar-refractivity contribution in [3.8, 4) is 0 Å². The van der Waals surface area contributed by atoms with Gasteiger partial charge in [0, 0.05) is 23.8 Å². The molecule has 0 aliphatic carbocycles. The molecule has 0 aromatic heterocycles. The summed E-state index contributed by atoms with van der Waals surface area (Å²) >= 11 is 5.92. The number of rotatable bonds is 4. The highest BCUT2D eigenvalue weighted by molar-refractivity contribution is 6.30. The van der Waals surface area contributed by atoms with Gasteiger partial charge in [-0.3, -0.25) is 9.69 Å². The highest BCUT2D eigenvalue weighted by Crippen LogP contribution is 2.33. The third-order valence-electron chi connectivity index (χ3n) is 4.77. The van der Waals surface area contributed by atoms with E-state index in [1.165, 1.54) is 0 Å². The lowest BCUT2D eigenvalue weighted by Gasteiger charge is -2.38. The van der Waals surface area contributed by atoms with Crippen LogP contribution in [-0.4, -0.2) is 35.5 Å². The van der Waals surface area contributed by atoms with Gasteiger partial charge < -0.3 is 10.4 Å². The lowest BCUT2D eigenvalue weighted by molar-refractivity contribution is -0.118. The van der Waals surface area contributed by atoms with E-state index in [0.29, 0.717) is 37.5 Å². The largest absolute Gasteiger partial charge is 0.385 e. The Bertz CT molecular complexity index is 720. The maximum atomic E-state index is 12.2. The number of anilines is 1. The molecule has 0 atom stereocenters. The Kier molecular flexibility index (Phi) is 5.42. The molecule has 25 heavy (non-hydrogen) atoms. The average molecular weight is 359 g/mol. The molecule has 2 aromatic rings. The molecule has 4 nitrogen and oxygen atoms in total. The summed E-state index contributed by atoms with van der Waals surface area (Å²) in [7, 11) is 0. The summed E-state index contributed by atoms with van der Waals surface area (Å²) in [5.41, 5.74) is 2.02. The van der Waals surface area contributed by atoms with Crippen LogP contribution in [0.5, 0.6) is 0 Å². The minimum absolute atomic E-state index is 0.0271. The van der Waals surface area contributed by atoms with Gasteiger partial charge in [-0.15, -0.1) is 0 Å². The Balaban J connectivity index is 1.52. The molecule has 0 bridgehead atoms. The van der Waals surface area contributed by atoms with Crippen molar-refractivity contribution in [3.63, 3.8) is 0 Å². The molecular weight excluding hydrogens is 336 g/mol. The molecule has 1 heterocycles. The Morgan fingerprint density at radius 1 is 1.12 bits per heavy atom. The lowest BCUT2D eigenvalue weighted by Crippen LogP contribution is -2.45. The molecule has 0 unspecified atom stereocenters. The third kappa shape index (κ3) is 4.60. The summed E-state index contributed by atoms with van der Waals surface area (Å²) in [4.78, 5) is 14.3. The Hall–Kier alpha value is -1.88. The molecule has 2 aromatic carbocycles. The first-order chi connectivity index (χ1) is 11.9. The van der Waals surface area contributed by atoms with Crippen LogP contribution in [0, 0.1) is 6.92 Å². The first-order valence-corrected chi connectivity index (χ1v) is 8.90. The first kappa shape index (κ1) is 17.9. The van der Waals surface area contributed by atoms with E-state index in [-0.39, 0.29) is 5.91 Å². The van der Waals surface area contributed by atoms with Gasteiger partial charge in [-0.2, -0.15) is 0 Å². The number of halogens is 1. The van der Waals surface area contributed by atoms with Gasteiger partial charge in [-0.1, -0.05) is 41.4 Å². The van der Waals surface area contributed by atoms with Gasteiger partial charge in [0.15, 0.2) is 0 Å². The molecule has 0 saturated carbocycles. The monoisotopic (exact) mass is 358 g/mol. The number of hydrogen-bond acceptors (Lipinski definition) is 3. The zero-order valence-corrected chi connectivity index (χ0v) is 15.1. The minimum Gasteiger partial charge on any atom is -0.385 e. The van der Waals surface area contributed by atoms with Crippen molar-refractivity contribution in [2.24, 2.45) is 0 Å². The van der Waals surface area contributed by atoms with Crippen molar-refractivity contribution in [3.05, 3.63) is 64.7 Å². The molecule has 0 radical (unpaired) electrons. The van der Waals surface area contributed by atoms with Crippen LogP contribution in [0.3, 0.4) is 0 Å². The molecule has 5 heteroatoms. The molecule has 1 aliphatic heterocycles. The summed E-state index contributed by atoms with van der Waals surface area (Å²) in [6.45, 7) is 3.71. The van der Waals surface area contributed by atoms with Gasteiger partial charge in [-0.25, -0.2) is 0 Å². The van der Waals surface area contributed by atoms with Crippen molar-refractivity contribution >= 4 is 23.2 Å². The fourth-order valence-corrected chi connectivity index (χ4v) is 3.30. The van der Waals surface area contributed by atoms with Crippen molar-refractivity contribution in [2.75, 3.05) is 25.0 Å². The fraction of sp³-hybridized carbons (Fsp3) is 0.350. The van der Waals surface area contributed by atoms with Gasteiger partial charge in [0.25, 0.3) is 0 Å². The second-order valence-corrected chi connectivity index (χ2v) is 7.17. The van der Waals surface area contributed by atoms with E-state index >= 15 is 0 Å². The van der Waals surface area contributed by atoms with Gasteiger partial charge in [0.1, 0.15) is 0 Å². The van der Waals surface area contributed by atoms with Gasteiger partial charge in [-0.05, 0) is 49.6 Å². The zero-order valence-electron chi connectivity index (χ0n) is 14.3. The van der Waals surface area contributed by atoms with Crippen molar-refractivity contribution < 1.29 is 9.90 Å². The van der Waals surface area contributed by atoms with Crippen LogP contribution in [0.25, 0.3) is 0 Å². The number of carbonyl (C=O) groups excluding carboxylic acids is 1. The van der Waals surface area contributed by atoms with Crippen molar-refractivity contribution in [1.29, 1.82) is 0 Å². The molecule has 132 valence electrons. The van der Waals surface area contributed by atoms with Crippen LogP contribution < -0.4 is 5.32 Å². The quantitative estimate of drug-likeness (QED) is 0.878. The van der Waals surface area contributed by atoms with Crippen LogP contribution >= 0.6 is 11.6 Å². The predicted molar refractivity (Wildman–Crippen MR) is 101 cm³/mol. The molecule has 1 fully saturated rings. The van der Waals surface area contributed by atoms with E-state index in [1.807, 2.05) is 43.3 Å². The van der Waals surface area contributed by atoms with Crippen molar-refractivity contribution in [1.82, 2.24) is 4.90 Å². The number of nitrogens with one attached hydrogen (secondary N) is 1. The summed E-state index contributed by atoms with van der Waals surface area (Å²) < 4.78 is 0. The topological polar surface area (TPSA) is 52.6 Å². The van der Waals surface area contributed by atoms with Gasteiger partial charge >= 0.3 is 0 Å². The summed E-state index contributed by atoms with van der Waals surface area (Å²) in [6.07, 6.45) is 1.21. The number of aliphatic hydroxyl groups is 1. The molecule has 1 amide bonds. The van der Waals surface area contributed by atoms with Crippen molar-refractivity contribution in [2.45, 2.75) is 25.4 Å². The van der Waals surface area contributed by atoms with Crippen LogP contribution in [0.2, 0.25) is 5.02 Å². The zero-order chi connectivity index (χ0) is 17.9. The maximum Gasteiger partial charge on any atom is 0.238 e. The van der Waals surface area contributed by atoms with Crippen LogP contribution in [0.4, 0.5) is 5.69 Å². The van der Waals surface area contributed by atoms with Gasteiger partial charge in [0.2, 0.25) is 5.91 Å². The van der Waals surface area contributed by atoms with Crippen LogP contribution in [0.15, 0.2) is 48.5 Å². The minimum atomic E-state index is -0.839. The van der Waals surface area contributed by atoms with E-state index < -0.39 is 5.60 Å². The molecule has 1 aliphatic rings. The number of benzene rings is 2. The number of amides is 1. The number of nitrogens with zero attached hydrogens (tertiary/aromatic N) is 1. The first-order valence-electron chi connectivity index (χ1n) is 8.52. The smallest absolute Gasteiger partial charge is 0.238 e. The summed E-state index contributed by atoms with van der Waals surface area (Å²) in [5, 5.41) is 14.5.